The van der Waals surface area contributed by atoms with Crippen LogP contribution in [0.4, 0.5) is 5.69 Å². The van der Waals surface area contributed by atoms with Crippen LogP contribution in [-0.2, 0) is 10.2 Å². The van der Waals surface area contributed by atoms with Crippen molar-refractivity contribution in [3.05, 3.63) is 29.3 Å². The number of hydrogen-bond donors (Lipinski definition) is 2. The van der Waals surface area contributed by atoms with Crippen molar-refractivity contribution in [3.8, 4) is 0 Å². The van der Waals surface area contributed by atoms with Crippen molar-refractivity contribution in [1.29, 1.82) is 0 Å². The quantitative estimate of drug-likeness (QED) is 0.796. The number of nitrogens with one attached hydrogen (secondary N) is 1. The maximum atomic E-state index is 12.6. The van der Waals surface area contributed by atoms with E-state index >= 15 is 0 Å². The van der Waals surface area contributed by atoms with Gasteiger partial charge in [0.25, 0.3) is 5.91 Å². The van der Waals surface area contributed by atoms with Crippen LogP contribution in [0.25, 0.3) is 0 Å². The number of aromatic carboxylic acids is 1. The largest absolute Gasteiger partial charge is 0.478 e. The standard InChI is InChI=1S/C17H23N3O5S/c1-19(2)26(24,25)18-15(21)13-5-4-12(16(22)23)10-14(13)20-9-3-6-17(11-20)7-8-17/h4-5,10H,3,6-9,11H2,1-2H3,(H,18,21)(H,22,23). The fourth-order valence-corrected chi connectivity index (χ4v) is 3.91. The van der Waals surface area contributed by atoms with Crippen LogP contribution in [0.2, 0.25) is 0 Å². The Balaban J connectivity index is 1.96. The Morgan fingerprint density at radius 3 is 2.50 bits per heavy atom. The molecule has 26 heavy (non-hydrogen) atoms. The summed E-state index contributed by atoms with van der Waals surface area (Å²) in [6.45, 7) is 1.47. The number of carbonyl (C=O) groups is 2. The van der Waals surface area contributed by atoms with Gasteiger partial charge in [-0.15, -0.1) is 0 Å². The lowest BCUT2D eigenvalue weighted by molar-refractivity contribution is 0.0696. The van der Waals surface area contributed by atoms with Gasteiger partial charge in [0.05, 0.1) is 16.8 Å². The highest BCUT2D eigenvalue weighted by atomic mass is 32.2. The lowest BCUT2D eigenvalue weighted by Gasteiger charge is -2.35. The zero-order valence-electron chi connectivity index (χ0n) is 14.9. The molecule has 142 valence electrons. The van der Waals surface area contributed by atoms with Gasteiger partial charge >= 0.3 is 16.2 Å². The number of anilines is 1. The van der Waals surface area contributed by atoms with Gasteiger partial charge in [0, 0.05) is 27.2 Å². The zero-order valence-corrected chi connectivity index (χ0v) is 15.7. The van der Waals surface area contributed by atoms with E-state index in [1.165, 1.54) is 32.3 Å². The lowest BCUT2D eigenvalue weighted by Crippen LogP contribution is -2.41. The average Bonchev–Trinajstić information content (AvgIpc) is 3.32. The van der Waals surface area contributed by atoms with Crippen molar-refractivity contribution in [3.63, 3.8) is 0 Å². The Labute approximate surface area is 153 Å². The van der Waals surface area contributed by atoms with E-state index in [2.05, 4.69) is 0 Å². The predicted octanol–water partition coefficient (Wildman–Crippen LogP) is 1.30. The number of amides is 1. The van der Waals surface area contributed by atoms with Gasteiger partial charge in [-0.05, 0) is 49.3 Å². The third-order valence-corrected chi connectivity index (χ3v) is 6.56. The molecule has 1 aliphatic carbocycles. The molecule has 1 saturated heterocycles. The second-order valence-electron chi connectivity index (χ2n) is 7.28. The Hall–Kier alpha value is -2.13. The number of hydrogen-bond acceptors (Lipinski definition) is 5. The minimum absolute atomic E-state index is 0.0717. The second-order valence-corrected chi connectivity index (χ2v) is 9.17. The molecule has 0 aromatic heterocycles. The molecule has 2 N–H and O–H groups in total. The van der Waals surface area contributed by atoms with Gasteiger partial charge in [-0.2, -0.15) is 12.7 Å². The van der Waals surface area contributed by atoms with Crippen LogP contribution in [0.5, 0.6) is 0 Å². The Morgan fingerprint density at radius 2 is 1.92 bits per heavy atom. The third-order valence-electron chi connectivity index (χ3n) is 5.15. The Morgan fingerprint density at radius 1 is 1.23 bits per heavy atom. The molecule has 0 radical (unpaired) electrons. The molecule has 8 nitrogen and oxygen atoms in total. The summed E-state index contributed by atoms with van der Waals surface area (Å²) in [5.41, 5.74) is 0.976. The first-order chi connectivity index (χ1) is 12.1. The average molecular weight is 381 g/mol. The number of rotatable bonds is 5. The molecule has 2 fully saturated rings. The minimum Gasteiger partial charge on any atom is -0.478 e. The van der Waals surface area contributed by atoms with Gasteiger partial charge in [0.2, 0.25) is 0 Å². The highest BCUT2D eigenvalue weighted by Crippen LogP contribution is 2.52. The van der Waals surface area contributed by atoms with Crippen molar-refractivity contribution >= 4 is 27.8 Å². The van der Waals surface area contributed by atoms with Gasteiger partial charge in [-0.25, -0.2) is 9.52 Å². The first-order valence-electron chi connectivity index (χ1n) is 8.50. The van der Waals surface area contributed by atoms with Crippen molar-refractivity contribution in [2.24, 2.45) is 5.41 Å². The van der Waals surface area contributed by atoms with Crippen LogP contribution in [0, 0.1) is 5.41 Å². The molecule has 1 aliphatic heterocycles. The summed E-state index contributed by atoms with van der Waals surface area (Å²) in [7, 11) is -1.28. The topological polar surface area (TPSA) is 107 Å². The van der Waals surface area contributed by atoms with E-state index < -0.39 is 22.1 Å². The van der Waals surface area contributed by atoms with Crippen LogP contribution in [-0.4, -0.2) is 56.9 Å². The SMILES string of the molecule is CN(C)S(=O)(=O)NC(=O)c1ccc(C(=O)O)cc1N1CCCC2(CC2)C1. The molecule has 1 saturated carbocycles. The fourth-order valence-electron chi connectivity index (χ4n) is 3.38. The molecule has 1 heterocycles. The van der Waals surface area contributed by atoms with Crippen LogP contribution >= 0.6 is 0 Å². The van der Waals surface area contributed by atoms with Crippen LogP contribution in [0.15, 0.2) is 18.2 Å². The number of carboxylic acids is 1. The van der Waals surface area contributed by atoms with Crippen LogP contribution in [0.3, 0.4) is 0 Å². The molecule has 1 amide bonds. The monoisotopic (exact) mass is 381 g/mol. The fraction of sp³-hybridized carbons (Fsp3) is 0.529. The smallest absolute Gasteiger partial charge is 0.335 e. The second kappa shape index (κ2) is 6.55. The molecule has 0 atom stereocenters. The molecule has 0 unspecified atom stereocenters. The summed E-state index contributed by atoms with van der Waals surface area (Å²) >= 11 is 0. The van der Waals surface area contributed by atoms with Gasteiger partial charge < -0.3 is 10.0 Å². The van der Waals surface area contributed by atoms with Crippen molar-refractivity contribution in [1.82, 2.24) is 9.03 Å². The molecular weight excluding hydrogens is 358 g/mol. The maximum Gasteiger partial charge on any atom is 0.335 e. The van der Waals surface area contributed by atoms with Crippen molar-refractivity contribution in [2.75, 3.05) is 32.1 Å². The number of carboxylic acid groups (broad SMARTS) is 1. The Kier molecular flexibility index (Phi) is 4.70. The normalized spacial score (nSPS) is 18.8. The van der Waals surface area contributed by atoms with E-state index in [9.17, 15) is 23.1 Å². The van der Waals surface area contributed by atoms with E-state index in [0.717, 1.165) is 36.5 Å². The summed E-state index contributed by atoms with van der Waals surface area (Å²) in [6, 6.07) is 4.16. The third kappa shape index (κ3) is 3.68. The molecule has 1 aromatic carbocycles. The lowest BCUT2D eigenvalue weighted by atomic mass is 9.93. The molecule has 3 rings (SSSR count). The van der Waals surface area contributed by atoms with Gasteiger partial charge in [0.15, 0.2) is 0 Å². The summed E-state index contributed by atoms with van der Waals surface area (Å²) in [5, 5.41) is 9.29. The summed E-state index contributed by atoms with van der Waals surface area (Å²) in [6.07, 6.45) is 4.38. The maximum absolute atomic E-state index is 12.6. The number of benzene rings is 1. The summed E-state index contributed by atoms with van der Waals surface area (Å²) < 4.78 is 26.9. The van der Waals surface area contributed by atoms with E-state index in [-0.39, 0.29) is 16.5 Å². The molecule has 1 spiro atoms. The molecule has 2 aliphatic rings. The minimum atomic E-state index is -3.93. The first-order valence-corrected chi connectivity index (χ1v) is 9.94. The summed E-state index contributed by atoms with van der Waals surface area (Å²) in [4.78, 5) is 26.0. The number of carbonyl (C=O) groups excluding carboxylic acids is 1. The Bertz CT molecular complexity index is 846. The van der Waals surface area contributed by atoms with E-state index in [4.69, 9.17) is 0 Å². The first kappa shape index (κ1) is 18.7. The highest BCUT2D eigenvalue weighted by molar-refractivity contribution is 7.87. The van der Waals surface area contributed by atoms with Crippen LogP contribution in [0.1, 0.15) is 46.4 Å². The summed E-state index contributed by atoms with van der Waals surface area (Å²) in [5.74, 6) is -1.85. The highest BCUT2D eigenvalue weighted by Gasteiger charge is 2.45. The van der Waals surface area contributed by atoms with Gasteiger partial charge in [-0.1, -0.05) is 0 Å². The molecular formula is C17H23N3O5S. The molecule has 9 heteroatoms. The van der Waals surface area contributed by atoms with E-state index in [1.807, 2.05) is 9.62 Å². The van der Waals surface area contributed by atoms with E-state index in [0.29, 0.717) is 12.2 Å². The van der Waals surface area contributed by atoms with Gasteiger partial charge in [0.1, 0.15) is 0 Å². The van der Waals surface area contributed by atoms with Gasteiger partial charge in [-0.3, -0.25) is 4.79 Å². The molecule has 0 bridgehead atoms. The zero-order chi connectivity index (χ0) is 19.1. The number of piperidine rings is 1. The van der Waals surface area contributed by atoms with Crippen molar-refractivity contribution < 1.29 is 23.1 Å². The molecule has 1 aromatic rings. The van der Waals surface area contributed by atoms with Crippen LogP contribution < -0.4 is 9.62 Å². The number of nitrogens with zero attached hydrogens (tertiary/aromatic N) is 2. The van der Waals surface area contributed by atoms with E-state index in [1.54, 1.807) is 0 Å². The van der Waals surface area contributed by atoms with Crippen molar-refractivity contribution in [2.45, 2.75) is 25.7 Å². The predicted molar refractivity (Wildman–Crippen MR) is 96.6 cm³/mol.